The highest BCUT2D eigenvalue weighted by Gasteiger charge is 2.08. The van der Waals surface area contributed by atoms with Crippen molar-refractivity contribution in [1.82, 2.24) is 5.32 Å². The SMILES string of the molecule is COC(=O)c1ccc(CNCc2ccccc2F)c(Br)c1. The van der Waals surface area contributed by atoms with E-state index < -0.39 is 0 Å². The molecule has 3 nitrogen and oxygen atoms in total. The lowest BCUT2D eigenvalue weighted by molar-refractivity contribution is 0.0600. The third kappa shape index (κ3) is 4.12. The zero-order chi connectivity index (χ0) is 15.2. The smallest absolute Gasteiger partial charge is 0.337 e. The number of hydrogen-bond donors (Lipinski definition) is 1. The van der Waals surface area contributed by atoms with Crippen LogP contribution in [0.3, 0.4) is 0 Å². The molecule has 0 aliphatic carbocycles. The van der Waals surface area contributed by atoms with E-state index in [0.29, 0.717) is 24.2 Å². The fraction of sp³-hybridized carbons (Fsp3) is 0.188. The molecule has 0 saturated carbocycles. The number of carbonyl (C=O) groups is 1. The first kappa shape index (κ1) is 15.7. The minimum Gasteiger partial charge on any atom is -0.465 e. The molecule has 110 valence electrons. The van der Waals surface area contributed by atoms with Gasteiger partial charge in [0.05, 0.1) is 12.7 Å². The normalized spacial score (nSPS) is 10.4. The Balaban J connectivity index is 1.98. The van der Waals surface area contributed by atoms with Crippen molar-refractivity contribution in [2.24, 2.45) is 0 Å². The van der Waals surface area contributed by atoms with E-state index >= 15 is 0 Å². The zero-order valence-electron chi connectivity index (χ0n) is 11.5. The van der Waals surface area contributed by atoms with Crippen LogP contribution in [-0.2, 0) is 17.8 Å². The quantitative estimate of drug-likeness (QED) is 0.835. The second-order valence-electron chi connectivity index (χ2n) is 4.49. The first-order valence-electron chi connectivity index (χ1n) is 6.42. The van der Waals surface area contributed by atoms with Gasteiger partial charge in [0.1, 0.15) is 5.82 Å². The Kier molecular flexibility index (Phi) is 5.47. The number of halogens is 2. The van der Waals surface area contributed by atoms with Crippen molar-refractivity contribution in [3.63, 3.8) is 0 Å². The molecular weight excluding hydrogens is 337 g/mol. The fourth-order valence-corrected chi connectivity index (χ4v) is 2.43. The van der Waals surface area contributed by atoms with E-state index in [-0.39, 0.29) is 11.8 Å². The standard InChI is InChI=1S/C16H15BrFNO2/c1-21-16(20)11-6-7-12(14(17)8-11)9-19-10-13-4-2-3-5-15(13)18/h2-8,19H,9-10H2,1H3. The molecule has 0 aliphatic heterocycles. The molecule has 0 fully saturated rings. The first-order valence-corrected chi connectivity index (χ1v) is 7.22. The summed E-state index contributed by atoms with van der Waals surface area (Å²) in [6.45, 7) is 1.01. The van der Waals surface area contributed by atoms with Crippen LogP contribution in [-0.4, -0.2) is 13.1 Å². The summed E-state index contributed by atoms with van der Waals surface area (Å²) in [5, 5.41) is 3.18. The van der Waals surface area contributed by atoms with E-state index in [1.807, 2.05) is 6.07 Å². The van der Waals surface area contributed by atoms with Gasteiger partial charge in [0, 0.05) is 23.1 Å². The minimum atomic E-state index is -0.374. The van der Waals surface area contributed by atoms with E-state index in [2.05, 4.69) is 26.0 Å². The molecule has 0 spiro atoms. The third-order valence-electron chi connectivity index (χ3n) is 3.06. The Morgan fingerprint density at radius 2 is 1.90 bits per heavy atom. The number of nitrogens with one attached hydrogen (secondary N) is 1. The van der Waals surface area contributed by atoms with Crippen molar-refractivity contribution in [2.75, 3.05) is 7.11 Å². The number of rotatable bonds is 5. The molecule has 0 aliphatic rings. The summed E-state index contributed by atoms with van der Waals surface area (Å²) in [6.07, 6.45) is 0. The van der Waals surface area contributed by atoms with Crippen LogP contribution in [0.15, 0.2) is 46.9 Å². The highest BCUT2D eigenvalue weighted by molar-refractivity contribution is 9.10. The molecule has 2 aromatic rings. The Bertz CT molecular complexity index is 646. The van der Waals surface area contributed by atoms with Crippen LogP contribution in [0, 0.1) is 5.82 Å². The van der Waals surface area contributed by atoms with E-state index in [0.717, 1.165) is 10.0 Å². The van der Waals surface area contributed by atoms with E-state index in [1.165, 1.54) is 13.2 Å². The molecule has 0 bridgehead atoms. The molecule has 0 heterocycles. The molecule has 2 rings (SSSR count). The van der Waals surface area contributed by atoms with E-state index in [4.69, 9.17) is 0 Å². The Hall–Kier alpha value is -1.72. The Labute approximate surface area is 131 Å². The number of methoxy groups -OCH3 is 1. The van der Waals surface area contributed by atoms with Crippen LogP contribution in [0.1, 0.15) is 21.5 Å². The van der Waals surface area contributed by atoms with Gasteiger partial charge < -0.3 is 10.1 Å². The first-order chi connectivity index (χ1) is 10.1. The summed E-state index contributed by atoms with van der Waals surface area (Å²) >= 11 is 3.42. The number of hydrogen-bond acceptors (Lipinski definition) is 3. The van der Waals surface area contributed by atoms with E-state index in [1.54, 1.807) is 30.3 Å². The monoisotopic (exact) mass is 351 g/mol. The molecule has 0 amide bonds. The van der Waals surface area contributed by atoms with Gasteiger partial charge in [-0.2, -0.15) is 0 Å². The molecule has 0 unspecified atom stereocenters. The highest BCUT2D eigenvalue weighted by atomic mass is 79.9. The molecule has 1 N–H and O–H groups in total. The van der Waals surface area contributed by atoms with Gasteiger partial charge in [-0.3, -0.25) is 0 Å². The largest absolute Gasteiger partial charge is 0.465 e. The van der Waals surface area contributed by atoms with Gasteiger partial charge in [-0.15, -0.1) is 0 Å². The molecule has 21 heavy (non-hydrogen) atoms. The highest BCUT2D eigenvalue weighted by Crippen LogP contribution is 2.19. The maximum atomic E-state index is 13.5. The minimum absolute atomic E-state index is 0.217. The molecular formula is C16H15BrFNO2. The molecule has 0 atom stereocenters. The van der Waals surface area contributed by atoms with Crippen molar-refractivity contribution >= 4 is 21.9 Å². The summed E-state index contributed by atoms with van der Waals surface area (Å²) in [4.78, 5) is 11.4. The van der Waals surface area contributed by atoms with Gasteiger partial charge in [-0.1, -0.05) is 40.2 Å². The predicted octanol–water partition coefficient (Wildman–Crippen LogP) is 3.66. The molecule has 0 saturated heterocycles. The van der Waals surface area contributed by atoms with Crippen molar-refractivity contribution in [2.45, 2.75) is 13.1 Å². The maximum Gasteiger partial charge on any atom is 0.337 e. The second kappa shape index (κ2) is 7.33. The topological polar surface area (TPSA) is 38.3 Å². The molecule has 0 aromatic heterocycles. The number of carbonyl (C=O) groups excluding carboxylic acids is 1. The van der Waals surface area contributed by atoms with E-state index in [9.17, 15) is 9.18 Å². The zero-order valence-corrected chi connectivity index (χ0v) is 13.1. The second-order valence-corrected chi connectivity index (χ2v) is 5.35. The average Bonchev–Trinajstić information content (AvgIpc) is 2.50. The van der Waals surface area contributed by atoms with Gasteiger partial charge in [0.2, 0.25) is 0 Å². The third-order valence-corrected chi connectivity index (χ3v) is 3.80. The summed E-state index contributed by atoms with van der Waals surface area (Å²) in [6, 6.07) is 11.9. The Morgan fingerprint density at radius 3 is 2.57 bits per heavy atom. The lowest BCUT2D eigenvalue weighted by Crippen LogP contribution is -2.14. The van der Waals surface area contributed by atoms with Gasteiger partial charge in [0.25, 0.3) is 0 Å². The molecule has 0 radical (unpaired) electrons. The van der Waals surface area contributed by atoms with Gasteiger partial charge in [-0.25, -0.2) is 9.18 Å². The fourth-order valence-electron chi connectivity index (χ4n) is 1.91. The lowest BCUT2D eigenvalue weighted by atomic mass is 10.1. The summed E-state index contributed by atoms with van der Waals surface area (Å²) in [5.41, 5.74) is 2.10. The lowest BCUT2D eigenvalue weighted by Gasteiger charge is -2.09. The van der Waals surface area contributed by atoms with Crippen molar-refractivity contribution < 1.29 is 13.9 Å². The summed E-state index contributed by atoms with van der Waals surface area (Å²) < 4.78 is 19.0. The van der Waals surface area contributed by atoms with Crippen LogP contribution in [0.2, 0.25) is 0 Å². The van der Waals surface area contributed by atoms with Crippen LogP contribution in [0.25, 0.3) is 0 Å². The number of ether oxygens (including phenoxy) is 1. The van der Waals surface area contributed by atoms with Crippen LogP contribution in [0.5, 0.6) is 0 Å². The maximum absolute atomic E-state index is 13.5. The van der Waals surface area contributed by atoms with Crippen LogP contribution >= 0.6 is 15.9 Å². The van der Waals surface area contributed by atoms with Crippen LogP contribution < -0.4 is 5.32 Å². The number of esters is 1. The average molecular weight is 352 g/mol. The van der Waals surface area contributed by atoms with Crippen molar-refractivity contribution in [1.29, 1.82) is 0 Å². The summed E-state index contributed by atoms with van der Waals surface area (Å²) in [5.74, 6) is -0.591. The summed E-state index contributed by atoms with van der Waals surface area (Å²) in [7, 11) is 1.35. The molecule has 2 aromatic carbocycles. The van der Waals surface area contributed by atoms with Gasteiger partial charge in [0.15, 0.2) is 0 Å². The Morgan fingerprint density at radius 1 is 1.19 bits per heavy atom. The predicted molar refractivity (Wildman–Crippen MR) is 82.4 cm³/mol. The molecule has 5 heteroatoms. The van der Waals surface area contributed by atoms with Gasteiger partial charge >= 0.3 is 5.97 Å². The van der Waals surface area contributed by atoms with Crippen molar-refractivity contribution in [3.8, 4) is 0 Å². The van der Waals surface area contributed by atoms with Crippen molar-refractivity contribution in [3.05, 3.63) is 69.4 Å². The van der Waals surface area contributed by atoms with Gasteiger partial charge in [-0.05, 0) is 23.8 Å². The van der Waals surface area contributed by atoms with Crippen LogP contribution in [0.4, 0.5) is 4.39 Å². The number of benzene rings is 2.